The highest BCUT2D eigenvalue weighted by Gasteiger charge is 2.14. The number of hydrogen-bond donors (Lipinski definition) is 1. The van der Waals surface area contributed by atoms with E-state index in [0.717, 1.165) is 17.3 Å². The van der Waals surface area contributed by atoms with Gasteiger partial charge in [-0.1, -0.05) is 29.3 Å². The van der Waals surface area contributed by atoms with E-state index in [4.69, 9.17) is 0 Å². The molecule has 0 aliphatic heterocycles. The maximum absolute atomic E-state index is 12.4. The number of hydrogen-bond acceptors (Lipinski definition) is 3. The molecular formula is C18H20BrN3O2. The van der Waals surface area contributed by atoms with E-state index in [0.29, 0.717) is 23.4 Å². The largest absolute Gasteiger partial charge is 0.342 e. The Morgan fingerprint density at radius 3 is 2.50 bits per heavy atom. The van der Waals surface area contributed by atoms with Crippen molar-refractivity contribution in [1.29, 1.82) is 0 Å². The molecule has 1 N–H and O–H groups in total. The zero-order chi connectivity index (χ0) is 17.5. The van der Waals surface area contributed by atoms with E-state index in [2.05, 4.69) is 33.2 Å². The van der Waals surface area contributed by atoms with Gasteiger partial charge in [-0.3, -0.25) is 14.6 Å². The monoisotopic (exact) mass is 389 g/mol. The number of pyridine rings is 1. The Labute approximate surface area is 150 Å². The molecule has 0 saturated carbocycles. The molecular weight excluding hydrogens is 370 g/mol. The Morgan fingerprint density at radius 2 is 1.83 bits per heavy atom. The maximum atomic E-state index is 12.4. The van der Waals surface area contributed by atoms with Gasteiger partial charge < -0.3 is 10.2 Å². The van der Waals surface area contributed by atoms with E-state index in [1.165, 1.54) is 12.4 Å². The average molecular weight is 390 g/mol. The van der Waals surface area contributed by atoms with Gasteiger partial charge in [-0.15, -0.1) is 0 Å². The molecule has 0 fully saturated rings. The first kappa shape index (κ1) is 18.1. The van der Waals surface area contributed by atoms with E-state index in [9.17, 15) is 9.59 Å². The molecule has 24 heavy (non-hydrogen) atoms. The summed E-state index contributed by atoms with van der Waals surface area (Å²) in [5, 5.41) is 2.79. The number of anilines is 1. The summed E-state index contributed by atoms with van der Waals surface area (Å²) < 4.78 is 0.935. The van der Waals surface area contributed by atoms with Crippen LogP contribution in [0, 0.1) is 0 Å². The number of benzene rings is 1. The summed E-state index contributed by atoms with van der Waals surface area (Å²) >= 11 is 3.35. The molecule has 1 aromatic heterocycles. The zero-order valence-electron chi connectivity index (χ0n) is 13.8. The van der Waals surface area contributed by atoms with Crippen molar-refractivity contribution in [2.45, 2.75) is 19.8 Å². The molecule has 0 radical (unpaired) electrons. The minimum atomic E-state index is -0.296. The summed E-state index contributed by atoms with van der Waals surface area (Å²) in [5.74, 6) is -0.426. The van der Waals surface area contributed by atoms with Crippen LogP contribution < -0.4 is 5.32 Å². The summed E-state index contributed by atoms with van der Waals surface area (Å²) in [6.45, 7) is 2.76. The van der Waals surface area contributed by atoms with Gasteiger partial charge in [0.15, 0.2) is 0 Å². The predicted molar refractivity (Wildman–Crippen MR) is 98.2 cm³/mol. The molecule has 0 aliphatic rings. The Morgan fingerprint density at radius 1 is 1.17 bits per heavy atom. The van der Waals surface area contributed by atoms with Crippen LogP contribution in [0.3, 0.4) is 0 Å². The molecule has 0 aliphatic carbocycles. The summed E-state index contributed by atoms with van der Waals surface area (Å²) in [4.78, 5) is 30.4. The van der Waals surface area contributed by atoms with Crippen molar-refractivity contribution in [3.63, 3.8) is 0 Å². The van der Waals surface area contributed by atoms with Gasteiger partial charge in [0.2, 0.25) is 0 Å². The summed E-state index contributed by atoms with van der Waals surface area (Å²) in [6, 6.07) is 8.85. The fraction of sp³-hybridized carbons (Fsp3) is 0.278. The van der Waals surface area contributed by atoms with Gasteiger partial charge in [0.05, 0.1) is 11.1 Å². The quantitative estimate of drug-likeness (QED) is 0.812. The van der Waals surface area contributed by atoms with Gasteiger partial charge in [-0.2, -0.15) is 0 Å². The van der Waals surface area contributed by atoms with Crippen LogP contribution in [0.5, 0.6) is 0 Å². The third-order valence-electron chi connectivity index (χ3n) is 3.54. The van der Waals surface area contributed by atoms with Crippen molar-refractivity contribution in [3.05, 3.63) is 58.3 Å². The Balaban J connectivity index is 2.10. The maximum Gasteiger partial charge on any atom is 0.257 e. The fourth-order valence-electron chi connectivity index (χ4n) is 2.13. The molecule has 2 amide bonds. The lowest BCUT2D eigenvalue weighted by molar-refractivity contribution is 0.0793. The SMILES string of the molecule is CCCCN(C)C(=O)c1cncc(C(=O)Nc2ccc(Br)cc2)c1. The first-order chi connectivity index (χ1) is 11.5. The number of amides is 2. The fourth-order valence-corrected chi connectivity index (χ4v) is 2.40. The van der Waals surface area contributed by atoms with E-state index in [-0.39, 0.29) is 11.8 Å². The molecule has 126 valence electrons. The van der Waals surface area contributed by atoms with E-state index < -0.39 is 0 Å². The van der Waals surface area contributed by atoms with Crippen LogP contribution in [0.15, 0.2) is 47.2 Å². The average Bonchev–Trinajstić information content (AvgIpc) is 2.61. The first-order valence-electron chi connectivity index (χ1n) is 7.78. The third kappa shape index (κ3) is 4.89. The minimum Gasteiger partial charge on any atom is -0.342 e. The molecule has 2 rings (SSSR count). The van der Waals surface area contributed by atoms with Gasteiger partial charge in [0, 0.05) is 36.1 Å². The second-order valence-electron chi connectivity index (χ2n) is 5.50. The van der Waals surface area contributed by atoms with Crippen LogP contribution in [0.4, 0.5) is 5.69 Å². The molecule has 1 aromatic carbocycles. The number of unbranched alkanes of at least 4 members (excludes halogenated alkanes) is 1. The smallest absolute Gasteiger partial charge is 0.257 e. The van der Waals surface area contributed by atoms with E-state index >= 15 is 0 Å². The van der Waals surface area contributed by atoms with Crippen LogP contribution in [0.1, 0.15) is 40.5 Å². The molecule has 0 bridgehead atoms. The van der Waals surface area contributed by atoms with Crippen molar-refractivity contribution in [3.8, 4) is 0 Å². The zero-order valence-corrected chi connectivity index (χ0v) is 15.3. The number of carbonyl (C=O) groups is 2. The molecule has 2 aromatic rings. The number of halogens is 1. The molecule has 6 heteroatoms. The second-order valence-corrected chi connectivity index (χ2v) is 6.42. The lowest BCUT2D eigenvalue weighted by Crippen LogP contribution is -2.28. The van der Waals surface area contributed by atoms with Gasteiger partial charge in [-0.25, -0.2) is 0 Å². The van der Waals surface area contributed by atoms with Gasteiger partial charge in [-0.05, 0) is 36.8 Å². The number of carbonyl (C=O) groups excluding carboxylic acids is 2. The molecule has 0 atom stereocenters. The minimum absolute atomic E-state index is 0.130. The molecule has 5 nitrogen and oxygen atoms in total. The number of nitrogens with zero attached hydrogens (tertiary/aromatic N) is 2. The van der Waals surface area contributed by atoms with E-state index in [1.54, 1.807) is 30.1 Å². The number of aromatic nitrogens is 1. The Hall–Kier alpha value is -2.21. The Bertz CT molecular complexity index is 716. The van der Waals surface area contributed by atoms with Crippen molar-refractivity contribution in [2.24, 2.45) is 0 Å². The first-order valence-corrected chi connectivity index (χ1v) is 8.58. The van der Waals surface area contributed by atoms with Crippen LogP contribution in [0.25, 0.3) is 0 Å². The summed E-state index contributed by atoms with van der Waals surface area (Å²) in [5.41, 5.74) is 1.45. The standard InChI is InChI=1S/C18H20BrN3O2/c1-3-4-9-22(2)18(24)14-10-13(11-20-12-14)17(23)21-16-7-5-15(19)6-8-16/h5-8,10-12H,3-4,9H2,1-2H3,(H,21,23). The lowest BCUT2D eigenvalue weighted by atomic mass is 10.1. The summed E-state index contributed by atoms with van der Waals surface area (Å²) in [7, 11) is 1.76. The molecule has 0 spiro atoms. The highest BCUT2D eigenvalue weighted by atomic mass is 79.9. The normalized spacial score (nSPS) is 10.3. The van der Waals surface area contributed by atoms with Crippen LogP contribution in [-0.4, -0.2) is 35.3 Å². The molecule has 1 heterocycles. The van der Waals surface area contributed by atoms with Gasteiger partial charge in [0.1, 0.15) is 0 Å². The van der Waals surface area contributed by atoms with Gasteiger partial charge in [0.25, 0.3) is 11.8 Å². The van der Waals surface area contributed by atoms with Crippen LogP contribution in [-0.2, 0) is 0 Å². The Kier molecular flexibility index (Phi) is 6.49. The molecule has 0 saturated heterocycles. The van der Waals surface area contributed by atoms with Gasteiger partial charge >= 0.3 is 0 Å². The van der Waals surface area contributed by atoms with E-state index in [1.807, 2.05) is 12.1 Å². The highest BCUT2D eigenvalue weighted by Crippen LogP contribution is 2.15. The third-order valence-corrected chi connectivity index (χ3v) is 4.07. The van der Waals surface area contributed by atoms with Crippen molar-refractivity contribution >= 4 is 33.4 Å². The molecule has 0 unspecified atom stereocenters. The second kappa shape index (κ2) is 8.59. The number of nitrogens with one attached hydrogen (secondary N) is 1. The van der Waals surface area contributed by atoms with Crippen LogP contribution in [0.2, 0.25) is 0 Å². The lowest BCUT2D eigenvalue weighted by Gasteiger charge is -2.16. The van der Waals surface area contributed by atoms with Crippen molar-refractivity contribution in [1.82, 2.24) is 9.88 Å². The predicted octanol–water partition coefficient (Wildman–Crippen LogP) is 3.97. The topological polar surface area (TPSA) is 62.3 Å². The highest BCUT2D eigenvalue weighted by molar-refractivity contribution is 9.10. The van der Waals surface area contributed by atoms with Crippen LogP contribution >= 0.6 is 15.9 Å². The summed E-state index contributed by atoms with van der Waals surface area (Å²) in [6.07, 6.45) is 4.91. The van der Waals surface area contributed by atoms with Crippen molar-refractivity contribution < 1.29 is 9.59 Å². The number of rotatable bonds is 6. The van der Waals surface area contributed by atoms with Crippen molar-refractivity contribution in [2.75, 3.05) is 18.9 Å².